The molecule has 100 valence electrons. The zero-order valence-electron chi connectivity index (χ0n) is 10.9. The zero-order valence-corrected chi connectivity index (χ0v) is 10.9. The lowest BCUT2D eigenvalue weighted by Crippen LogP contribution is -2.41. The lowest BCUT2D eigenvalue weighted by Gasteiger charge is -2.32. The number of carbonyl (C=O) groups is 1. The van der Waals surface area contributed by atoms with Crippen molar-refractivity contribution in [3.63, 3.8) is 0 Å². The Morgan fingerprint density at radius 2 is 2.12 bits per heavy atom. The van der Waals surface area contributed by atoms with Gasteiger partial charge in [0.2, 0.25) is 0 Å². The van der Waals surface area contributed by atoms with Gasteiger partial charge in [-0.25, -0.2) is 0 Å². The van der Waals surface area contributed by atoms with Crippen molar-refractivity contribution < 1.29 is 9.90 Å². The molecule has 0 aromatic heterocycles. The third kappa shape index (κ3) is 6.00. The molecule has 1 fully saturated rings. The van der Waals surface area contributed by atoms with E-state index in [2.05, 4.69) is 16.8 Å². The van der Waals surface area contributed by atoms with Crippen LogP contribution < -0.4 is 5.73 Å². The Morgan fingerprint density at radius 3 is 2.65 bits per heavy atom. The Bertz CT molecular complexity index is 240. The molecule has 1 saturated heterocycles. The van der Waals surface area contributed by atoms with Gasteiger partial charge in [0.25, 0.3) is 0 Å². The highest BCUT2D eigenvalue weighted by Gasteiger charge is 2.19. The van der Waals surface area contributed by atoms with Gasteiger partial charge in [-0.3, -0.25) is 4.79 Å². The summed E-state index contributed by atoms with van der Waals surface area (Å²) < 4.78 is 0. The molecule has 0 aromatic rings. The number of nitrogens with zero attached hydrogens (tertiary/aromatic N) is 2. The van der Waals surface area contributed by atoms with E-state index in [4.69, 9.17) is 10.8 Å². The highest BCUT2D eigenvalue weighted by molar-refractivity contribution is 5.67. The van der Waals surface area contributed by atoms with Crippen molar-refractivity contribution in [2.45, 2.75) is 25.3 Å². The molecule has 0 aliphatic carbocycles. The van der Waals surface area contributed by atoms with Crippen LogP contribution in [-0.2, 0) is 4.79 Å². The van der Waals surface area contributed by atoms with Gasteiger partial charge in [0.15, 0.2) is 0 Å². The van der Waals surface area contributed by atoms with Crippen molar-refractivity contribution in [3.8, 4) is 0 Å². The van der Waals surface area contributed by atoms with E-state index >= 15 is 0 Å². The quantitative estimate of drug-likeness (QED) is 0.690. The Hall–Kier alpha value is -0.650. The molecule has 0 saturated carbocycles. The van der Waals surface area contributed by atoms with Gasteiger partial charge in [0.05, 0.1) is 6.42 Å². The Kier molecular flexibility index (Phi) is 5.88. The zero-order chi connectivity index (χ0) is 12.8. The molecule has 5 heteroatoms. The van der Waals surface area contributed by atoms with Gasteiger partial charge in [-0.1, -0.05) is 0 Å². The largest absolute Gasteiger partial charge is 0.481 e. The number of rotatable bonds is 6. The molecule has 0 aromatic carbocycles. The first-order valence-electron chi connectivity index (χ1n) is 6.32. The van der Waals surface area contributed by atoms with Gasteiger partial charge in [-0.05, 0) is 45.9 Å². The second-order valence-electron chi connectivity index (χ2n) is 5.33. The van der Waals surface area contributed by atoms with E-state index in [0.717, 1.165) is 12.5 Å². The van der Waals surface area contributed by atoms with Crippen LogP contribution in [0.2, 0.25) is 0 Å². The van der Waals surface area contributed by atoms with Crippen LogP contribution in [0.25, 0.3) is 0 Å². The predicted molar refractivity (Wildman–Crippen MR) is 67.9 cm³/mol. The Balaban J connectivity index is 2.20. The normalized spacial score (nSPS) is 20.7. The average Bonchev–Trinajstić information content (AvgIpc) is 2.19. The molecule has 5 nitrogen and oxygen atoms in total. The fourth-order valence-electron chi connectivity index (χ4n) is 2.45. The maximum Gasteiger partial charge on any atom is 0.304 e. The second kappa shape index (κ2) is 6.93. The van der Waals surface area contributed by atoms with Crippen LogP contribution in [0.15, 0.2) is 0 Å². The van der Waals surface area contributed by atoms with Crippen molar-refractivity contribution in [2.24, 2.45) is 11.7 Å². The Morgan fingerprint density at radius 1 is 1.53 bits per heavy atom. The van der Waals surface area contributed by atoms with Crippen LogP contribution in [0.3, 0.4) is 0 Å². The summed E-state index contributed by atoms with van der Waals surface area (Å²) in [6.45, 7) is 4.03. The number of aliphatic carboxylic acids is 1. The highest BCUT2D eigenvalue weighted by atomic mass is 16.4. The minimum Gasteiger partial charge on any atom is -0.481 e. The molecule has 17 heavy (non-hydrogen) atoms. The molecular weight excluding hydrogens is 218 g/mol. The van der Waals surface area contributed by atoms with Gasteiger partial charge >= 0.3 is 5.97 Å². The summed E-state index contributed by atoms with van der Waals surface area (Å²) in [5, 5.41) is 8.64. The van der Waals surface area contributed by atoms with Crippen molar-refractivity contribution in [1.82, 2.24) is 9.80 Å². The molecule has 0 amide bonds. The SMILES string of the molecule is CN1CCC(CN(C)CC(N)CC(=O)O)CC1. The summed E-state index contributed by atoms with van der Waals surface area (Å²) in [6, 6.07) is -0.260. The fraction of sp³-hybridized carbons (Fsp3) is 0.917. The molecule has 0 bridgehead atoms. The lowest BCUT2D eigenvalue weighted by atomic mass is 9.96. The van der Waals surface area contributed by atoms with Gasteiger partial charge in [-0.2, -0.15) is 0 Å². The fourth-order valence-corrected chi connectivity index (χ4v) is 2.45. The molecule has 1 aliphatic rings. The summed E-state index contributed by atoms with van der Waals surface area (Å²) in [5.74, 6) is -0.0848. The minimum absolute atomic E-state index is 0.0533. The van der Waals surface area contributed by atoms with Crippen molar-refractivity contribution in [2.75, 3.05) is 40.3 Å². The van der Waals surface area contributed by atoms with E-state index in [1.807, 2.05) is 7.05 Å². The van der Waals surface area contributed by atoms with E-state index in [9.17, 15) is 4.79 Å². The molecule has 0 spiro atoms. The van der Waals surface area contributed by atoms with Gasteiger partial charge < -0.3 is 20.6 Å². The molecule has 3 N–H and O–H groups in total. The minimum atomic E-state index is -0.815. The maximum atomic E-state index is 10.5. The second-order valence-corrected chi connectivity index (χ2v) is 5.33. The smallest absolute Gasteiger partial charge is 0.304 e. The molecule has 1 unspecified atom stereocenters. The molecule has 1 heterocycles. The first-order chi connectivity index (χ1) is 7.97. The van der Waals surface area contributed by atoms with E-state index < -0.39 is 5.97 Å². The summed E-state index contributed by atoms with van der Waals surface area (Å²) in [4.78, 5) is 15.0. The summed E-state index contributed by atoms with van der Waals surface area (Å²) in [6.07, 6.45) is 2.52. The van der Waals surface area contributed by atoms with E-state index in [1.54, 1.807) is 0 Å². The van der Waals surface area contributed by atoms with Crippen LogP contribution in [0.4, 0.5) is 0 Å². The number of piperidine rings is 1. The predicted octanol–water partition coefficient (Wildman–Crippen LogP) is 0.0620. The van der Waals surface area contributed by atoms with Crippen molar-refractivity contribution in [3.05, 3.63) is 0 Å². The van der Waals surface area contributed by atoms with Crippen LogP contribution in [0.5, 0.6) is 0 Å². The number of likely N-dealkylation sites (tertiary alicyclic amines) is 1. The topological polar surface area (TPSA) is 69.8 Å². The van der Waals surface area contributed by atoms with Crippen LogP contribution in [0, 0.1) is 5.92 Å². The molecule has 1 rings (SSSR count). The standard InChI is InChI=1S/C12H25N3O2/c1-14-5-3-10(4-6-14)8-15(2)9-11(13)7-12(16)17/h10-11H,3-9,13H2,1-2H3,(H,16,17). The number of hydrogen-bond acceptors (Lipinski definition) is 4. The summed E-state index contributed by atoms with van der Waals surface area (Å²) in [5.41, 5.74) is 5.77. The van der Waals surface area contributed by atoms with Crippen LogP contribution >= 0.6 is 0 Å². The van der Waals surface area contributed by atoms with E-state index in [0.29, 0.717) is 6.54 Å². The number of hydrogen-bond donors (Lipinski definition) is 2. The first kappa shape index (κ1) is 14.4. The summed E-state index contributed by atoms with van der Waals surface area (Å²) >= 11 is 0. The van der Waals surface area contributed by atoms with Crippen LogP contribution in [0.1, 0.15) is 19.3 Å². The monoisotopic (exact) mass is 243 g/mol. The highest BCUT2D eigenvalue weighted by Crippen LogP contribution is 2.16. The molecule has 1 aliphatic heterocycles. The van der Waals surface area contributed by atoms with E-state index in [1.165, 1.54) is 25.9 Å². The molecular formula is C12H25N3O2. The van der Waals surface area contributed by atoms with Gasteiger partial charge in [0.1, 0.15) is 0 Å². The number of carboxylic acids is 1. The first-order valence-corrected chi connectivity index (χ1v) is 6.32. The maximum absolute atomic E-state index is 10.5. The Labute approximate surface area is 104 Å². The number of likely N-dealkylation sites (N-methyl/N-ethyl adjacent to an activating group) is 1. The van der Waals surface area contributed by atoms with E-state index in [-0.39, 0.29) is 12.5 Å². The number of nitrogens with two attached hydrogens (primary N) is 1. The molecule has 0 radical (unpaired) electrons. The number of carboxylic acid groups (broad SMARTS) is 1. The van der Waals surface area contributed by atoms with Crippen molar-refractivity contribution >= 4 is 5.97 Å². The van der Waals surface area contributed by atoms with Gasteiger partial charge in [-0.15, -0.1) is 0 Å². The third-order valence-electron chi connectivity index (χ3n) is 3.39. The molecule has 1 atom stereocenters. The van der Waals surface area contributed by atoms with Crippen molar-refractivity contribution in [1.29, 1.82) is 0 Å². The third-order valence-corrected chi connectivity index (χ3v) is 3.39. The lowest BCUT2D eigenvalue weighted by molar-refractivity contribution is -0.137. The van der Waals surface area contributed by atoms with Gasteiger partial charge in [0, 0.05) is 19.1 Å². The summed E-state index contributed by atoms with van der Waals surface area (Å²) in [7, 11) is 4.18. The van der Waals surface area contributed by atoms with Crippen LogP contribution in [-0.4, -0.2) is 67.2 Å². The average molecular weight is 243 g/mol.